The van der Waals surface area contributed by atoms with E-state index in [1.807, 2.05) is 6.07 Å². The third-order valence-electron chi connectivity index (χ3n) is 3.31. The minimum atomic E-state index is -0.571. The lowest BCUT2D eigenvalue weighted by molar-refractivity contribution is 0.0635. The molecule has 1 aliphatic heterocycles. The number of nitrogens with zero attached hydrogens (tertiary/aromatic N) is 1. The van der Waals surface area contributed by atoms with Gasteiger partial charge in [0.1, 0.15) is 11.4 Å². The summed E-state index contributed by atoms with van der Waals surface area (Å²) in [5, 5.41) is 15.8. The molecule has 0 radical (unpaired) electrons. The number of ether oxygens (including phenoxy) is 1. The molecule has 22 heavy (non-hydrogen) atoms. The number of hydrogen-bond donors (Lipinski definition) is 3. The van der Waals surface area contributed by atoms with Crippen molar-refractivity contribution in [2.75, 3.05) is 31.5 Å². The number of amides is 1. The number of rotatable bonds is 3. The topological polar surface area (TPSA) is 73.8 Å². The average Bonchev–Trinajstić information content (AvgIpc) is 2.41. The lowest BCUT2D eigenvalue weighted by Gasteiger charge is -2.27. The van der Waals surface area contributed by atoms with Crippen molar-refractivity contribution in [1.82, 2.24) is 10.2 Å². The van der Waals surface area contributed by atoms with Crippen molar-refractivity contribution in [3.05, 3.63) is 23.8 Å². The van der Waals surface area contributed by atoms with E-state index in [0.29, 0.717) is 5.69 Å². The highest BCUT2D eigenvalue weighted by atomic mass is 16.6. The predicted octanol–water partition coefficient (Wildman–Crippen LogP) is 2.14. The van der Waals surface area contributed by atoms with Gasteiger partial charge in [-0.3, -0.25) is 10.2 Å². The number of hydrogen-bond acceptors (Lipinski definition) is 5. The summed E-state index contributed by atoms with van der Waals surface area (Å²) < 4.78 is 5.21. The molecule has 3 N–H and O–H groups in total. The van der Waals surface area contributed by atoms with E-state index >= 15 is 0 Å². The van der Waals surface area contributed by atoms with Crippen LogP contribution in [0.1, 0.15) is 26.3 Å². The van der Waals surface area contributed by atoms with Gasteiger partial charge in [0.05, 0.1) is 5.69 Å². The third-order valence-corrected chi connectivity index (χ3v) is 3.31. The Balaban J connectivity index is 2.01. The maximum Gasteiger partial charge on any atom is 0.412 e. The highest BCUT2D eigenvalue weighted by molar-refractivity contribution is 5.87. The number of carbonyl (C=O) groups excluding carboxylic acids is 1. The standard InChI is InChI=1S/C16H25N3O3/c1-16(2,3)22-15(21)18-13-10-12(4-5-14(13)20)11-19-8-6-17-7-9-19/h4-5,10,17,20H,6-9,11H2,1-3H3,(H,18,21). The highest BCUT2D eigenvalue weighted by Crippen LogP contribution is 2.25. The van der Waals surface area contributed by atoms with E-state index in [0.717, 1.165) is 38.3 Å². The van der Waals surface area contributed by atoms with Crippen LogP contribution in [0.2, 0.25) is 0 Å². The lowest BCUT2D eigenvalue weighted by Crippen LogP contribution is -2.42. The van der Waals surface area contributed by atoms with Gasteiger partial charge in [-0.25, -0.2) is 4.79 Å². The molecule has 1 amide bonds. The van der Waals surface area contributed by atoms with Gasteiger partial charge in [-0.2, -0.15) is 0 Å². The molecule has 6 nitrogen and oxygen atoms in total. The molecule has 0 unspecified atom stereocenters. The molecular formula is C16H25N3O3. The van der Waals surface area contributed by atoms with Gasteiger partial charge in [-0.15, -0.1) is 0 Å². The molecule has 1 saturated heterocycles. The van der Waals surface area contributed by atoms with Crippen molar-refractivity contribution in [2.24, 2.45) is 0 Å². The Morgan fingerprint density at radius 1 is 1.36 bits per heavy atom. The summed E-state index contributed by atoms with van der Waals surface area (Å²) in [6, 6.07) is 5.27. The molecule has 2 rings (SSSR count). The molecule has 0 atom stereocenters. The van der Waals surface area contributed by atoms with Gasteiger partial charge in [0.15, 0.2) is 0 Å². The zero-order valence-corrected chi connectivity index (χ0v) is 13.5. The highest BCUT2D eigenvalue weighted by Gasteiger charge is 2.18. The number of piperazine rings is 1. The van der Waals surface area contributed by atoms with Crippen LogP contribution in [0.4, 0.5) is 10.5 Å². The summed E-state index contributed by atoms with van der Waals surface area (Å²) in [6.45, 7) is 10.2. The van der Waals surface area contributed by atoms with Crippen molar-refractivity contribution in [2.45, 2.75) is 32.9 Å². The fraction of sp³-hybridized carbons (Fsp3) is 0.562. The number of benzene rings is 1. The van der Waals surface area contributed by atoms with Crippen LogP contribution in [-0.4, -0.2) is 47.9 Å². The summed E-state index contributed by atoms with van der Waals surface area (Å²) in [6.07, 6.45) is -0.567. The number of phenols is 1. The molecule has 1 aromatic rings. The lowest BCUT2D eigenvalue weighted by atomic mass is 10.1. The Morgan fingerprint density at radius 3 is 2.68 bits per heavy atom. The van der Waals surface area contributed by atoms with Gasteiger partial charge in [-0.1, -0.05) is 6.07 Å². The second-order valence-electron chi connectivity index (χ2n) is 6.50. The van der Waals surface area contributed by atoms with E-state index in [4.69, 9.17) is 4.74 Å². The van der Waals surface area contributed by atoms with Gasteiger partial charge in [0.2, 0.25) is 0 Å². The number of nitrogens with one attached hydrogen (secondary N) is 2. The molecule has 0 bridgehead atoms. The van der Waals surface area contributed by atoms with Crippen molar-refractivity contribution < 1.29 is 14.6 Å². The smallest absolute Gasteiger partial charge is 0.412 e. The van der Waals surface area contributed by atoms with Gasteiger partial charge in [-0.05, 0) is 38.5 Å². The van der Waals surface area contributed by atoms with Crippen molar-refractivity contribution in [1.29, 1.82) is 0 Å². The summed E-state index contributed by atoms with van der Waals surface area (Å²) in [4.78, 5) is 14.2. The summed E-state index contributed by atoms with van der Waals surface area (Å²) in [7, 11) is 0. The van der Waals surface area contributed by atoms with E-state index in [1.165, 1.54) is 0 Å². The van der Waals surface area contributed by atoms with E-state index in [-0.39, 0.29) is 5.75 Å². The first-order chi connectivity index (χ1) is 10.3. The van der Waals surface area contributed by atoms with E-state index < -0.39 is 11.7 Å². The van der Waals surface area contributed by atoms with E-state index in [9.17, 15) is 9.90 Å². The van der Waals surface area contributed by atoms with Crippen molar-refractivity contribution in [3.8, 4) is 5.75 Å². The summed E-state index contributed by atoms with van der Waals surface area (Å²) >= 11 is 0. The van der Waals surface area contributed by atoms with Crippen LogP contribution in [-0.2, 0) is 11.3 Å². The predicted molar refractivity (Wildman–Crippen MR) is 86.1 cm³/mol. The Hall–Kier alpha value is -1.79. The van der Waals surface area contributed by atoms with Crippen LogP contribution in [0.25, 0.3) is 0 Å². The minimum Gasteiger partial charge on any atom is -0.506 e. The monoisotopic (exact) mass is 307 g/mol. The minimum absolute atomic E-state index is 0.0370. The maximum atomic E-state index is 11.8. The first-order valence-corrected chi connectivity index (χ1v) is 7.58. The molecule has 1 aromatic carbocycles. The Labute approximate surface area is 131 Å². The van der Waals surface area contributed by atoms with Gasteiger partial charge in [0, 0.05) is 32.7 Å². The SMILES string of the molecule is CC(C)(C)OC(=O)Nc1cc(CN2CCNCC2)ccc1O. The largest absolute Gasteiger partial charge is 0.506 e. The number of phenolic OH excluding ortho intramolecular Hbond substituents is 1. The Bertz CT molecular complexity index is 520. The average molecular weight is 307 g/mol. The van der Waals surface area contributed by atoms with Crippen LogP contribution in [0.15, 0.2) is 18.2 Å². The number of aromatic hydroxyl groups is 1. The second kappa shape index (κ2) is 6.98. The van der Waals surface area contributed by atoms with Crippen LogP contribution in [0, 0.1) is 0 Å². The van der Waals surface area contributed by atoms with Crippen LogP contribution >= 0.6 is 0 Å². The molecule has 6 heteroatoms. The van der Waals surface area contributed by atoms with Gasteiger partial charge < -0.3 is 15.2 Å². The number of carbonyl (C=O) groups is 1. The van der Waals surface area contributed by atoms with Crippen LogP contribution in [0.5, 0.6) is 5.75 Å². The molecule has 1 heterocycles. The quantitative estimate of drug-likeness (QED) is 0.746. The second-order valence-corrected chi connectivity index (χ2v) is 6.50. The van der Waals surface area contributed by atoms with E-state index in [2.05, 4.69) is 15.5 Å². The maximum absolute atomic E-state index is 11.8. The van der Waals surface area contributed by atoms with E-state index in [1.54, 1.807) is 32.9 Å². The fourth-order valence-corrected chi connectivity index (χ4v) is 2.32. The molecule has 0 aromatic heterocycles. The zero-order chi connectivity index (χ0) is 16.2. The molecule has 0 spiro atoms. The summed E-state index contributed by atoms with van der Waals surface area (Å²) in [5.74, 6) is 0.0370. The molecule has 122 valence electrons. The van der Waals surface area contributed by atoms with Crippen LogP contribution in [0.3, 0.4) is 0 Å². The Kier molecular flexibility index (Phi) is 5.26. The third kappa shape index (κ3) is 5.20. The summed E-state index contributed by atoms with van der Waals surface area (Å²) in [5.41, 5.74) is 0.852. The van der Waals surface area contributed by atoms with Crippen LogP contribution < -0.4 is 10.6 Å². The fourth-order valence-electron chi connectivity index (χ4n) is 2.32. The zero-order valence-electron chi connectivity index (χ0n) is 13.5. The Morgan fingerprint density at radius 2 is 2.05 bits per heavy atom. The van der Waals surface area contributed by atoms with Gasteiger partial charge in [0.25, 0.3) is 0 Å². The first-order valence-electron chi connectivity index (χ1n) is 7.58. The molecule has 1 aliphatic rings. The molecular weight excluding hydrogens is 282 g/mol. The van der Waals surface area contributed by atoms with Crippen molar-refractivity contribution >= 4 is 11.8 Å². The first kappa shape index (κ1) is 16.6. The normalized spacial score (nSPS) is 16.3. The number of anilines is 1. The molecule has 0 aliphatic carbocycles. The molecule has 1 fully saturated rings. The van der Waals surface area contributed by atoms with Gasteiger partial charge >= 0.3 is 6.09 Å². The molecule has 0 saturated carbocycles. The van der Waals surface area contributed by atoms with Crippen molar-refractivity contribution in [3.63, 3.8) is 0 Å².